The largest absolute Gasteiger partial charge is 0.352 e. The fourth-order valence-corrected chi connectivity index (χ4v) is 2.94. The third-order valence-corrected chi connectivity index (χ3v) is 4.35. The Morgan fingerprint density at radius 3 is 2.80 bits per heavy atom. The highest BCUT2D eigenvalue weighted by Crippen LogP contribution is 2.17. The van der Waals surface area contributed by atoms with Crippen molar-refractivity contribution in [2.75, 3.05) is 5.32 Å². The van der Waals surface area contributed by atoms with Crippen molar-refractivity contribution in [1.82, 2.24) is 15.1 Å². The van der Waals surface area contributed by atoms with Crippen LogP contribution in [-0.4, -0.2) is 27.6 Å². The minimum atomic E-state index is -0.424. The van der Waals surface area contributed by atoms with E-state index < -0.39 is 11.7 Å². The van der Waals surface area contributed by atoms with Crippen molar-refractivity contribution in [3.63, 3.8) is 0 Å². The quantitative estimate of drug-likeness (QED) is 0.875. The number of carbonyl (C=O) groups is 2. The van der Waals surface area contributed by atoms with Gasteiger partial charge in [0.25, 0.3) is 5.91 Å². The molecule has 0 bridgehead atoms. The maximum absolute atomic E-state index is 13.6. The number of aryl methyl sites for hydroxylation is 1. The van der Waals surface area contributed by atoms with E-state index in [-0.39, 0.29) is 24.1 Å². The Morgan fingerprint density at radius 2 is 2.08 bits per heavy atom. The number of anilines is 1. The van der Waals surface area contributed by atoms with Crippen LogP contribution in [0.15, 0.2) is 30.6 Å². The molecule has 6 nitrogen and oxygen atoms in total. The minimum absolute atomic E-state index is 0.0894. The highest BCUT2D eigenvalue weighted by molar-refractivity contribution is 6.04. The average Bonchev–Trinajstić information content (AvgIpc) is 3.22. The summed E-state index contributed by atoms with van der Waals surface area (Å²) >= 11 is 0. The molecule has 1 aromatic heterocycles. The lowest BCUT2D eigenvalue weighted by atomic mass is 10.1. The summed E-state index contributed by atoms with van der Waals surface area (Å²) < 4.78 is 15.0. The Labute approximate surface area is 145 Å². The predicted octanol–water partition coefficient (Wildman–Crippen LogP) is 2.64. The van der Waals surface area contributed by atoms with E-state index in [1.54, 1.807) is 25.3 Å². The predicted molar refractivity (Wildman–Crippen MR) is 91.7 cm³/mol. The molecular weight excluding hydrogens is 323 g/mol. The van der Waals surface area contributed by atoms with Crippen LogP contribution >= 0.6 is 0 Å². The first-order valence-corrected chi connectivity index (χ1v) is 8.40. The second-order valence-corrected chi connectivity index (χ2v) is 6.39. The molecule has 25 heavy (non-hydrogen) atoms. The van der Waals surface area contributed by atoms with Crippen LogP contribution in [-0.2, 0) is 11.3 Å². The Balaban J connectivity index is 1.56. The molecule has 1 aliphatic carbocycles. The maximum Gasteiger partial charge on any atom is 0.255 e. The number of benzene rings is 1. The number of hydrogen-bond acceptors (Lipinski definition) is 3. The minimum Gasteiger partial charge on any atom is -0.352 e. The highest BCUT2D eigenvalue weighted by Gasteiger charge is 2.17. The van der Waals surface area contributed by atoms with Crippen LogP contribution < -0.4 is 10.6 Å². The third kappa shape index (κ3) is 4.43. The number of rotatable bonds is 5. The van der Waals surface area contributed by atoms with Gasteiger partial charge in [-0.05, 0) is 37.5 Å². The molecule has 2 N–H and O–H groups in total. The van der Waals surface area contributed by atoms with Crippen molar-refractivity contribution in [2.45, 2.75) is 45.2 Å². The topological polar surface area (TPSA) is 76.0 Å². The van der Waals surface area contributed by atoms with Gasteiger partial charge in [-0.2, -0.15) is 5.10 Å². The van der Waals surface area contributed by atoms with Gasteiger partial charge in [0, 0.05) is 17.8 Å². The summed E-state index contributed by atoms with van der Waals surface area (Å²) in [4.78, 5) is 24.1. The molecule has 0 unspecified atom stereocenters. The summed E-state index contributed by atoms with van der Waals surface area (Å²) in [5, 5.41) is 9.71. The molecule has 0 atom stereocenters. The standard InChI is InChI=1S/C18H21FN4O2/c1-12-6-7-13(8-16(12)19)18(25)22-15-9-20-23(10-15)11-17(24)21-14-4-2-3-5-14/h6-10,14H,2-5,11H2,1H3,(H,21,24)(H,22,25). The number of halogens is 1. The SMILES string of the molecule is Cc1ccc(C(=O)Nc2cnn(CC(=O)NC3CCCC3)c2)cc1F. The molecule has 0 spiro atoms. The van der Waals surface area contributed by atoms with Gasteiger partial charge in [-0.25, -0.2) is 4.39 Å². The number of aromatic nitrogens is 2. The van der Waals surface area contributed by atoms with Crippen LogP contribution in [0.25, 0.3) is 0 Å². The number of amides is 2. The van der Waals surface area contributed by atoms with Crippen molar-refractivity contribution >= 4 is 17.5 Å². The van der Waals surface area contributed by atoms with E-state index in [1.165, 1.54) is 16.9 Å². The Morgan fingerprint density at radius 1 is 1.32 bits per heavy atom. The first kappa shape index (κ1) is 17.1. The molecule has 1 fully saturated rings. The van der Waals surface area contributed by atoms with Crippen LogP contribution in [0.4, 0.5) is 10.1 Å². The van der Waals surface area contributed by atoms with Gasteiger partial charge >= 0.3 is 0 Å². The summed E-state index contributed by atoms with van der Waals surface area (Å²) in [5.74, 6) is -0.936. The number of nitrogens with one attached hydrogen (secondary N) is 2. The average molecular weight is 344 g/mol. The highest BCUT2D eigenvalue weighted by atomic mass is 19.1. The molecule has 1 saturated carbocycles. The summed E-state index contributed by atoms with van der Waals surface area (Å²) in [6, 6.07) is 4.58. The molecule has 0 aliphatic heterocycles. The van der Waals surface area contributed by atoms with E-state index in [4.69, 9.17) is 0 Å². The van der Waals surface area contributed by atoms with Gasteiger partial charge in [-0.15, -0.1) is 0 Å². The zero-order valence-electron chi connectivity index (χ0n) is 14.1. The normalized spacial score (nSPS) is 14.5. The fraction of sp³-hybridized carbons (Fsp3) is 0.389. The first-order valence-electron chi connectivity index (χ1n) is 8.40. The molecule has 2 amide bonds. The lowest BCUT2D eigenvalue weighted by molar-refractivity contribution is -0.122. The molecule has 7 heteroatoms. The molecule has 132 valence electrons. The van der Waals surface area contributed by atoms with Crippen molar-refractivity contribution < 1.29 is 14.0 Å². The van der Waals surface area contributed by atoms with Crippen LogP contribution in [0.2, 0.25) is 0 Å². The first-order chi connectivity index (χ1) is 12.0. The van der Waals surface area contributed by atoms with Crippen molar-refractivity contribution in [1.29, 1.82) is 0 Å². The number of hydrogen-bond donors (Lipinski definition) is 2. The summed E-state index contributed by atoms with van der Waals surface area (Å²) in [5.41, 5.74) is 1.17. The Hall–Kier alpha value is -2.70. The van der Waals surface area contributed by atoms with E-state index in [1.807, 2.05) is 0 Å². The van der Waals surface area contributed by atoms with Crippen LogP contribution in [0.1, 0.15) is 41.6 Å². The van der Waals surface area contributed by atoms with Crippen LogP contribution in [0.3, 0.4) is 0 Å². The molecule has 3 rings (SSSR count). The van der Waals surface area contributed by atoms with E-state index >= 15 is 0 Å². The second kappa shape index (κ2) is 7.46. The molecule has 1 aliphatic rings. The lowest BCUT2D eigenvalue weighted by Gasteiger charge is -2.11. The van der Waals surface area contributed by atoms with Gasteiger partial charge in [-0.1, -0.05) is 18.9 Å². The van der Waals surface area contributed by atoms with Crippen molar-refractivity contribution in [2.24, 2.45) is 0 Å². The lowest BCUT2D eigenvalue weighted by Crippen LogP contribution is -2.35. The van der Waals surface area contributed by atoms with Gasteiger partial charge < -0.3 is 10.6 Å². The summed E-state index contributed by atoms with van der Waals surface area (Å²) in [6.07, 6.45) is 7.41. The zero-order valence-corrected chi connectivity index (χ0v) is 14.1. The smallest absolute Gasteiger partial charge is 0.255 e. The maximum atomic E-state index is 13.6. The van der Waals surface area contributed by atoms with E-state index in [9.17, 15) is 14.0 Å². The summed E-state index contributed by atoms with van der Waals surface area (Å²) in [7, 11) is 0. The molecule has 1 heterocycles. The van der Waals surface area contributed by atoms with Crippen LogP contribution in [0.5, 0.6) is 0 Å². The van der Waals surface area contributed by atoms with Gasteiger partial charge in [0.2, 0.25) is 5.91 Å². The molecule has 2 aromatic rings. The number of nitrogens with zero attached hydrogens (tertiary/aromatic N) is 2. The summed E-state index contributed by atoms with van der Waals surface area (Å²) in [6.45, 7) is 1.74. The molecular formula is C18H21FN4O2. The Bertz CT molecular complexity index is 781. The van der Waals surface area contributed by atoms with Gasteiger partial charge in [0.1, 0.15) is 12.4 Å². The van der Waals surface area contributed by atoms with E-state index in [2.05, 4.69) is 15.7 Å². The van der Waals surface area contributed by atoms with Crippen LogP contribution in [0, 0.1) is 12.7 Å². The number of carbonyl (C=O) groups excluding carboxylic acids is 2. The van der Waals surface area contributed by atoms with Gasteiger partial charge in [-0.3, -0.25) is 14.3 Å². The van der Waals surface area contributed by atoms with E-state index in [0.717, 1.165) is 25.7 Å². The van der Waals surface area contributed by atoms with Crippen molar-refractivity contribution in [3.05, 3.63) is 47.5 Å². The molecule has 0 radical (unpaired) electrons. The van der Waals surface area contributed by atoms with Gasteiger partial charge in [0.05, 0.1) is 11.9 Å². The third-order valence-electron chi connectivity index (χ3n) is 4.35. The monoisotopic (exact) mass is 344 g/mol. The second-order valence-electron chi connectivity index (χ2n) is 6.39. The van der Waals surface area contributed by atoms with E-state index in [0.29, 0.717) is 11.3 Å². The Kier molecular flexibility index (Phi) is 5.11. The molecule has 0 saturated heterocycles. The fourth-order valence-electron chi connectivity index (χ4n) is 2.94. The van der Waals surface area contributed by atoms with Crippen molar-refractivity contribution in [3.8, 4) is 0 Å². The van der Waals surface area contributed by atoms with Gasteiger partial charge in [0.15, 0.2) is 0 Å². The zero-order chi connectivity index (χ0) is 17.8. The molecule has 1 aromatic carbocycles.